The average molecular weight is 386 g/mol. The lowest BCUT2D eigenvalue weighted by Gasteiger charge is -2.38. The average Bonchev–Trinajstić information content (AvgIpc) is 3.21. The third kappa shape index (κ3) is 3.75. The van der Waals surface area contributed by atoms with Gasteiger partial charge in [0.1, 0.15) is 18.1 Å². The summed E-state index contributed by atoms with van der Waals surface area (Å²) in [5.41, 5.74) is 2.17. The van der Waals surface area contributed by atoms with E-state index >= 15 is 0 Å². The minimum atomic E-state index is 0.243. The Morgan fingerprint density at radius 3 is 2.46 bits per heavy atom. The van der Waals surface area contributed by atoms with Crippen LogP contribution in [-0.4, -0.2) is 71.5 Å². The molecule has 1 aliphatic carbocycles. The van der Waals surface area contributed by atoms with Crippen molar-refractivity contribution in [3.8, 4) is 5.88 Å². The lowest BCUT2D eigenvalue weighted by atomic mass is 9.91. The van der Waals surface area contributed by atoms with Crippen LogP contribution < -0.4 is 4.74 Å². The molecule has 2 saturated heterocycles. The van der Waals surface area contributed by atoms with Crippen molar-refractivity contribution < 1.29 is 14.2 Å². The summed E-state index contributed by atoms with van der Waals surface area (Å²) in [7, 11) is 0. The van der Waals surface area contributed by atoms with Crippen LogP contribution in [0.25, 0.3) is 11.0 Å². The first-order valence-electron chi connectivity index (χ1n) is 10.8. The summed E-state index contributed by atoms with van der Waals surface area (Å²) < 4.78 is 17.5. The fourth-order valence-corrected chi connectivity index (χ4v) is 5.01. The monoisotopic (exact) mass is 386 g/mol. The highest BCUT2D eigenvalue weighted by molar-refractivity contribution is 5.85. The van der Waals surface area contributed by atoms with E-state index in [2.05, 4.69) is 26.0 Å². The fourth-order valence-electron chi connectivity index (χ4n) is 5.01. The summed E-state index contributed by atoms with van der Waals surface area (Å²) in [6.07, 6.45) is 10.6. The first-order chi connectivity index (χ1) is 13.9. The molecule has 28 heavy (non-hydrogen) atoms. The number of ether oxygens (including phenoxy) is 3. The van der Waals surface area contributed by atoms with Gasteiger partial charge in [-0.25, -0.2) is 9.97 Å². The predicted molar refractivity (Wildman–Crippen MR) is 106 cm³/mol. The predicted octanol–water partition coefficient (Wildman–Crippen LogP) is 2.87. The molecule has 7 nitrogen and oxygen atoms in total. The van der Waals surface area contributed by atoms with E-state index in [0.29, 0.717) is 12.0 Å². The van der Waals surface area contributed by atoms with Crippen molar-refractivity contribution in [1.29, 1.82) is 0 Å². The van der Waals surface area contributed by atoms with Gasteiger partial charge in [0.2, 0.25) is 5.88 Å². The Morgan fingerprint density at radius 1 is 0.929 bits per heavy atom. The second-order valence-electron chi connectivity index (χ2n) is 8.23. The number of morpholine rings is 1. The Morgan fingerprint density at radius 2 is 1.68 bits per heavy atom. The van der Waals surface area contributed by atoms with Crippen molar-refractivity contribution in [3.63, 3.8) is 0 Å². The molecule has 2 aromatic rings. The number of rotatable bonds is 4. The number of aromatic amines is 1. The van der Waals surface area contributed by atoms with Gasteiger partial charge in [0.15, 0.2) is 0 Å². The van der Waals surface area contributed by atoms with Crippen LogP contribution in [0.15, 0.2) is 12.5 Å². The minimum Gasteiger partial charge on any atom is -0.474 e. The zero-order chi connectivity index (χ0) is 18.8. The summed E-state index contributed by atoms with van der Waals surface area (Å²) in [6.45, 7) is 5.54. The first kappa shape index (κ1) is 18.3. The number of hydrogen-bond acceptors (Lipinski definition) is 6. The van der Waals surface area contributed by atoms with Gasteiger partial charge in [0.05, 0.1) is 18.6 Å². The van der Waals surface area contributed by atoms with Crippen molar-refractivity contribution in [2.24, 2.45) is 0 Å². The Hall–Kier alpha value is -1.70. The first-order valence-corrected chi connectivity index (χ1v) is 10.8. The summed E-state index contributed by atoms with van der Waals surface area (Å²) in [4.78, 5) is 14.9. The molecule has 3 aliphatic rings. The van der Waals surface area contributed by atoms with Gasteiger partial charge in [-0.1, -0.05) is 0 Å². The van der Waals surface area contributed by atoms with Crippen LogP contribution >= 0.6 is 0 Å². The summed E-state index contributed by atoms with van der Waals surface area (Å²) >= 11 is 0. The molecule has 0 atom stereocenters. The molecule has 7 heteroatoms. The zero-order valence-corrected chi connectivity index (χ0v) is 16.4. The number of H-pyrrole nitrogens is 1. The van der Waals surface area contributed by atoms with Gasteiger partial charge >= 0.3 is 0 Å². The highest BCUT2D eigenvalue weighted by Gasteiger charge is 2.29. The lowest BCUT2D eigenvalue weighted by molar-refractivity contribution is -0.00126. The van der Waals surface area contributed by atoms with Crippen LogP contribution in [0, 0.1) is 0 Å². The van der Waals surface area contributed by atoms with Crippen LogP contribution in [0.1, 0.15) is 50.0 Å². The smallest absolute Gasteiger partial charge is 0.226 e. The number of fused-ring (bicyclic) bond motifs is 1. The van der Waals surface area contributed by atoms with Gasteiger partial charge < -0.3 is 19.2 Å². The largest absolute Gasteiger partial charge is 0.474 e. The Bertz CT molecular complexity index is 775. The van der Waals surface area contributed by atoms with Crippen molar-refractivity contribution in [1.82, 2.24) is 19.9 Å². The summed E-state index contributed by atoms with van der Waals surface area (Å²) in [5, 5.41) is 1.07. The van der Waals surface area contributed by atoms with Crippen LogP contribution in [0.2, 0.25) is 0 Å². The van der Waals surface area contributed by atoms with Crippen molar-refractivity contribution in [2.45, 2.75) is 56.6 Å². The lowest BCUT2D eigenvalue weighted by Crippen LogP contribution is -2.46. The van der Waals surface area contributed by atoms with Crippen LogP contribution in [0.3, 0.4) is 0 Å². The van der Waals surface area contributed by atoms with E-state index in [4.69, 9.17) is 14.2 Å². The second-order valence-corrected chi connectivity index (χ2v) is 8.23. The Kier molecular flexibility index (Phi) is 5.47. The van der Waals surface area contributed by atoms with Gasteiger partial charge in [0, 0.05) is 38.5 Å². The van der Waals surface area contributed by atoms with E-state index in [0.717, 1.165) is 82.1 Å². The molecule has 2 aromatic heterocycles. The molecule has 0 unspecified atom stereocenters. The molecule has 4 heterocycles. The molecule has 0 spiro atoms. The van der Waals surface area contributed by atoms with Gasteiger partial charge in [-0.2, -0.15) is 0 Å². The van der Waals surface area contributed by atoms with E-state index in [1.165, 1.54) is 18.4 Å². The quantitative estimate of drug-likeness (QED) is 0.871. The van der Waals surface area contributed by atoms with Crippen LogP contribution in [0.4, 0.5) is 0 Å². The number of nitrogens with one attached hydrogen (secondary N) is 1. The topological polar surface area (TPSA) is 72.5 Å². The molecule has 1 N–H and O–H groups in total. The van der Waals surface area contributed by atoms with E-state index < -0.39 is 0 Å². The maximum Gasteiger partial charge on any atom is 0.226 e. The number of nitrogens with zero attached hydrogens (tertiary/aromatic N) is 3. The van der Waals surface area contributed by atoms with Gasteiger partial charge in [-0.05, 0) is 50.0 Å². The van der Waals surface area contributed by atoms with E-state index in [1.807, 2.05) is 0 Å². The number of hydrogen-bond donors (Lipinski definition) is 1. The highest BCUT2D eigenvalue weighted by atomic mass is 16.5. The van der Waals surface area contributed by atoms with E-state index in [9.17, 15) is 0 Å². The normalized spacial score (nSPS) is 27.9. The molecule has 0 bridgehead atoms. The van der Waals surface area contributed by atoms with Gasteiger partial charge in [-0.3, -0.25) is 4.90 Å². The molecular formula is C21H30N4O3. The summed E-state index contributed by atoms with van der Waals surface area (Å²) in [5.74, 6) is 1.25. The van der Waals surface area contributed by atoms with Crippen LogP contribution in [0.5, 0.6) is 5.88 Å². The van der Waals surface area contributed by atoms with Gasteiger partial charge in [-0.15, -0.1) is 0 Å². The maximum atomic E-state index is 6.45. The second kappa shape index (κ2) is 8.35. The molecule has 0 aromatic carbocycles. The third-order valence-electron chi connectivity index (χ3n) is 6.61. The fraction of sp³-hybridized carbons (Fsp3) is 0.714. The highest BCUT2D eigenvalue weighted by Crippen LogP contribution is 2.37. The molecule has 3 fully saturated rings. The van der Waals surface area contributed by atoms with E-state index in [-0.39, 0.29) is 6.10 Å². The summed E-state index contributed by atoms with van der Waals surface area (Å²) in [6, 6.07) is 0.680. The van der Waals surface area contributed by atoms with Crippen LogP contribution in [-0.2, 0) is 9.47 Å². The molecule has 0 radical (unpaired) electrons. The molecule has 2 aliphatic heterocycles. The molecule has 1 saturated carbocycles. The number of aromatic nitrogens is 3. The standard InChI is InChI=1S/C21H30N4O3/c1-3-17(4-2-16(1)25-7-11-27-12-8-25)28-21-19-18(15-5-9-26-10-6-15)13-22-20(19)23-14-24-21/h13-17H,1-12H2,(H,22,23,24). The molecule has 152 valence electrons. The SMILES string of the molecule is c1nc(OC2CCC(N3CCOCC3)CC2)c2c(C3CCOCC3)c[nH]c2n1. The van der Waals surface area contributed by atoms with Crippen molar-refractivity contribution >= 4 is 11.0 Å². The molecule has 5 rings (SSSR count). The molecule has 0 amide bonds. The molecular weight excluding hydrogens is 356 g/mol. The van der Waals surface area contributed by atoms with Crippen molar-refractivity contribution in [2.75, 3.05) is 39.5 Å². The van der Waals surface area contributed by atoms with E-state index in [1.54, 1.807) is 6.33 Å². The third-order valence-corrected chi connectivity index (χ3v) is 6.61. The Labute approximate surface area is 165 Å². The maximum absolute atomic E-state index is 6.45. The Balaban J connectivity index is 1.28. The van der Waals surface area contributed by atoms with Gasteiger partial charge in [0.25, 0.3) is 0 Å². The minimum absolute atomic E-state index is 0.243. The van der Waals surface area contributed by atoms with Crippen molar-refractivity contribution in [3.05, 3.63) is 18.1 Å². The zero-order valence-electron chi connectivity index (χ0n) is 16.4.